The molecule has 3 aromatic rings. The van der Waals surface area contributed by atoms with Crippen LogP contribution in [-0.4, -0.2) is 29.9 Å². The van der Waals surface area contributed by atoms with Crippen molar-refractivity contribution in [2.24, 2.45) is 5.73 Å². The second-order valence-electron chi connectivity index (χ2n) is 7.49. The van der Waals surface area contributed by atoms with E-state index in [1.165, 1.54) is 31.2 Å². The van der Waals surface area contributed by atoms with E-state index in [4.69, 9.17) is 14.9 Å². The zero-order valence-corrected chi connectivity index (χ0v) is 16.7. The number of alkyl halides is 5. The maximum absolute atomic E-state index is 14.7. The summed E-state index contributed by atoms with van der Waals surface area (Å²) in [6, 6.07) is 5.25. The average Bonchev–Trinajstić information content (AvgIpc) is 3.23. The number of aromatic nitrogens is 1. The van der Waals surface area contributed by atoms with Gasteiger partial charge >= 0.3 is 6.18 Å². The van der Waals surface area contributed by atoms with Crippen LogP contribution >= 0.6 is 0 Å². The molecule has 0 radical (unpaired) electrons. The van der Waals surface area contributed by atoms with Crippen molar-refractivity contribution in [2.45, 2.75) is 31.5 Å². The number of primary amides is 1. The van der Waals surface area contributed by atoms with Crippen molar-refractivity contribution in [3.05, 3.63) is 58.6 Å². The molecule has 2 aromatic heterocycles. The van der Waals surface area contributed by atoms with Crippen LogP contribution < -0.4 is 15.8 Å². The molecule has 4 rings (SSSR count). The summed E-state index contributed by atoms with van der Waals surface area (Å²) in [6.07, 6.45) is -3.71. The number of nitrogens with zero attached hydrogens (tertiary/aromatic N) is 1. The number of hydrogen-bond donors (Lipinski definition) is 2. The van der Waals surface area contributed by atoms with Gasteiger partial charge in [-0.2, -0.15) is 13.2 Å². The third kappa shape index (κ3) is 3.77. The van der Waals surface area contributed by atoms with Crippen LogP contribution in [0.1, 0.15) is 38.9 Å². The number of halogens is 5. The van der Waals surface area contributed by atoms with Gasteiger partial charge in [-0.05, 0) is 25.1 Å². The Morgan fingerprint density at radius 2 is 2.09 bits per heavy atom. The Kier molecular flexibility index (Phi) is 5.32. The van der Waals surface area contributed by atoms with Crippen molar-refractivity contribution >= 4 is 16.9 Å². The first kappa shape index (κ1) is 22.0. The van der Waals surface area contributed by atoms with Gasteiger partial charge in [0, 0.05) is 29.3 Å². The minimum Gasteiger partial charge on any atom is -0.489 e. The van der Waals surface area contributed by atoms with Crippen molar-refractivity contribution in [3.63, 3.8) is 0 Å². The number of fused-ring (bicyclic) bond motifs is 1. The van der Waals surface area contributed by atoms with Gasteiger partial charge in [-0.3, -0.25) is 9.78 Å². The molecule has 1 aromatic carbocycles. The predicted octanol–water partition coefficient (Wildman–Crippen LogP) is 4.16. The first-order chi connectivity index (χ1) is 15.0. The van der Waals surface area contributed by atoms with Gasteiger partial charge in [-0.15, -0.1) is 0 Å². The summed E-state index contributed by atoms with van der Waals surface area (Å²) in [5, 5.41) is 2.67. The molecular formula is C21H18F5N3O3. The number of ether oxygens (including phenoxy) is 1. The van der Waals surface area contributed by atoms with Crippen LogP contribution in [0.4, 0.5) is 22.0 Å². The summed E-state index contributed by atoms with van der Waals surface area (Å²) in [5.74, 6) is -5.43. The summed E-state index contributed by atoms with van der Waals surface area (Å²) in [6.45, 7) is 0.166. The maximum Gasteiger partial charge on any atom is 0.433 e. The summed E-state index contributed by atoms with van der Waals surface area (Å²) in [7, 11) is 0. The van der Waals surface area contributed by atoms with Gasteiger partial charge in [0.25, 0.3) is 11.8 Å². The van der Waals surface area contributed by atoms with Gasteiger partial charge in [-0.1, -0.05) is 6.07 Å². The number of rotatable bonds is 5. The lowest BCUT2D eigenvalue weighted by Gasteiger charge is -2.23. The molecule has 1 fully saturated rings. The molecule has 170 valence electrons. The van der Waals surface area contributed by atoms with Crippen molar-refractivity contribution in [3.8, 4) is 5.75 Å². The molecular weight excluding hydrogens is 437 g/mol. The molecule has 0 saturated carbocycles. The summed E-state index contributed by atoms with van der Waals surface area (Å²) >= 11 is 0. The highest BCUT2D eigenvalue weighted by Gasteiger charge is 2.47. The smallest absolute Gasteiger partial charge is 0.433 e. The van der Waals surface area contributed by atoms with Crippen LogP contribution in [0.3, 0.4) is 0 Å². The molecule has 6 nitrogen and oxygen atoms in total. The second kappa shape index (κ2) is 7.73. The monoisotopic (exact) mass is 455 g/mol. The molecule has 1 amide bonds. The van der Waals surface area contributed by atoms with Gasteiger partial charge in [0.15, 0.2) is 5.69 Å². The van der Waals surface area contributed by atoms with Gasteiger partial charge < -0.3 is 20.2 Å². The number of carbonyl (C=O) groups excluding carboxylic acids is 1. The number of aryl methyl sites for hydroxylation is 1. The molecule has 0 bridgehead atoms. The van der Waals surface area contributed by atoms with Crippen LogP contribution in [0.5, 0.6) is 5.75 Å². The molecule has 11 heteroatoms. The summed E-state index contributed by atoms with van der Waals surface area (Å²) in [5.41, 5.74) is 4.11. The predicted molar refractivity (Wildman–Crippen MR) is 104 cm³/mol. The molecule has 1 aliphatic heterocycles. The minimum absolute atomic E-state index is 0.0411. The molecule has 0 spiro atoms. The zero-order chi connectivity index (χ0) is 23.3. The second-order valence-corrected chi connectivity index (χ2v) is 7.49. The van der Waals surface area contributed by atoms with Gasteiger partial charge in [0.1, 0.15) is 23.7 Å². The van der Waals surface area contributed by atoms with Crippen LogP contribution in [0.2, 0.25) is 0 Å². The van der Waals surface area contributed by atoms with Crippen molar-refractivity contribution in [2.75, 3.05) is 13.1 Å². The lowest BCUT2D eigenvalue weighted by molar-refractivity contribution is -0.142. The highest BCUT2D eigenvalue weighted by molar-refractivity contribution is 6.08. The number of nitrogens with one attached hydrogen (secondary N) is 1. The minimum atomic E-state index is -4.71. The number of carbonyl (C=O) groups is 1. The Morgan fingerprint density at radius 1 is 1.34 bits per heavy atom. The van der Waals surface area contributed by atoms with E-state index < -0.39 is 42.8 Å². The average molecular weight is 455 g/mol. The van der Waals surface area contributed by atoms with E-state index in [-0.39, 0.29) is 45.7 Å². The fourth-order valence-corrected chi connectivity index (χ4v) is 4.02. The summed E-state index contributed by atoms with van der Waals surface area (Å²) < 4.78 is 80.3. The van der Waals surface area contributed by atoms with E-state index in [9.17, 15) is 26.7 Å². The van der Waals surface area contributed by atoms with E-state index in [1.807, 2.05) is 0 Å². The Hall–Kier alpha value is -3.21. The van der Waals surface area contributed by atoms with Gasteiger partial charge in [0.2, 0.25) is 0 Å². The quantitative estimate of drug-likeness (QED) is 0.564. The number of amides is 1. The normalized spacial score (nSPS) is 18.2. The van der Waals surface area contributed by atoms with Gasteiger partial charge in [0.05, 0.1) is 18.0 Å². The molecule has 1 aliphatic rings. The van der Waals surface area contributed by atoms with E-state index in [0.717, 1.165) is 6.20 Å². The first-order valence-corrected chi connectivity index (χ1v) is 9.59. The highest BCUT2D eigenvalue weighted by atomic mass is 19.4. The summed E-state index contributed by atoms with van der Waals surface area (Å²) in [4.78, 5) is 15.4. The fourth-order valence-electron chi connectivity index (χ4n) is 4.02. The number of hydrogen-bond acceptors (Lipinski definition) is 5. The van der Waals surface area contributed by atoms with Crippen molar-refractivity contribution in [1.29, 1.82) is 0 Å². The van der Waals surface area contributed by atoms with Crippen LogP contribution in [0, 0.1) is 6.92 Å². The van der Waals surface area contributed by atoms with Crippen LogP contribution in [-0.2, 0) is 12.8 Å². The van der Waals surface area contributed by atoms with Crippen LogP contribution in [0.25, 0.3) is 11.0 Å². The Labute approximate surface area is 178 Å². The topological polar surface area (TPSA) is 90.4 Å². The number of nitrogens with two attached hydrogens (primary N) is 1. The third-order valence-electron chi connectivity index (χ3n) is 5.39. The van der Waals surface area contributed by atoms with E-state index in [2.05, 4.69) is 10.3 Å². The third-order valence-corrected chi connectivity index (χ3v) is 5.39. The first-order valence-electron chi connectivity index (χ1n) is 9.59. The van der Waals surface area contributed by atoms with Gasteiger partial charge in [-0.25, -0.2) is 8.78 Å². The Bertz CT molecular complexity index is 1190. The van der Waals surface area contributed by atoms with E-state index >= 15 is 0 Å². The lowest BCUT2D eigenvalue weighted by Crippen LogP contribution is -2.26. The number of furan rings is 1. The SMILES string of the molecule is Cc1oc2ccc(OCc3cccnc3C(F)(F)F)c(C3CNCC3(F)F)c2c1C(N)=O. The highest BCUT2D eigenvalue weighted by Crippen LogP contribution is 2.46. The molecule has 1 atom stereocenters. The molecule has 32 heavy (non-hydrogen) atoms. The molecule has 0 aliphatic carbocycles. The fraction of sp³-hybridized carbons (Fsp3) is 0.333. The van der Waals surface area contributed by atoms with Crippen molar-refractivity contribution in [1.82, 2.24) is 10.3 Å². The van der Waals surface area contributed by atoms with E-state index in [0.29, 0.717) is 0 Å². The molecule has 1 unspecified atom stereocenters. The number of benzene rings is 1. The Morgan fingerprint density at radius 3 is 2.72 bits per heavy atom. The number of pyridine rings is 1. The van der Waals surface area contributed by atoms with Crippen LogP contribution in [0.15, 0.2) is 34.9 Å². The Balaban J connectivity index is 1.85. The zero-order valence-electron chi connectivity index (χ0n) is 16.7. The largest absolute Gasteiger partial charge is 0.489 e. The lowest BCUT2D eigenvalue weighted by atomic mass is 9.89. The maximum atomic E-state index is 14.7. The standard InChI is InChI=1S/C21H18F5N3O3/c1-10-15(19(27)30)17-14(32-10)5-4-13(16(17)12-7-28-9-20(12,22)23)31-8-11-3-2-6-29-18(11)21(24,25)26/h2-6,12,28H,7-9H2,1H3,(H2,27,30). The molecule has 3 heterocycles. The van der Waals surface area contributed by atoms with Crippen molar-refractivity contribution < 1.29 is 35.9 Å². The van der Waals surface area contributed by atoms with E-state index in [1.54, 1.807) is 0 Å². The molecule has 3 N–H and O–H groups in total. The molecule has 1 saturated heterocycles.